The van der Waals surface area contributed by atoms with Crippen LogP contribution in [-0.4, -0.2) is 0 Å². The molecule has 0 spiro atoms. The van der Waals surface area contributed by atoms with E-state index in [1.165, 1.54) is 25.7 Å². The second-order valence-corrected chi connectivity index (χ2v) is 5.18. The summed E-state index contributed by atoms with van der Waals surface area (Å²) in [6.45, 7) is 11.0. The molecule has 1 fully saturated rings. The highest BCUT2D eigenvalue weighted by atomic mass is 14.4. The minimum atomic E-state index is 0.602. The molecule has 0 aromatic rings. The predicted molar refractivity (Wildman–Crippen MR) is 55.1 cm³/mol. The Hall–Kier alpha value is -0.260. The molecule has 12 heavy (non-hydrogen) atoms. The van der Waals surface area contributed by atoms with Gasteiger partial charge in [-0.3, -0.25) is 0 Å². The van der Waals surface area contributed by atoms with Gasteiger partial charge in [0.1, 0.15) is 0 Å². The van der Waals surface area contributed by atoms with Gasteiger partial charge in [-0.1, -0.05) is 26.8 Å². The summed E-state index contributed by atoms with van der Waals surface area (Å²) in [5, 5.41) is 0. The molecule has 0 aromatic heterocycles. The summed E-state index contributed by atoms with van der Waals surface area (Å²) >= 11 is 0. The quantitative estimate of drug-likeness (QED) is 0.555. The lowest BCUT2D eigenvalue weighted by Gasteiger charge is -2.16. The van der Waals surface area contributed by atoms with Crippen LogP contribution in [-0.2, 0) is 0 Å². The molecule has 70 valence electrons. The topological polar surface area (TPSA) is 0 Å². The third-order valence-electron chi connectivity index (χ3n) is 3.24. The maximum Gasteiger partial charge on any atom is -0.0349 e. The molecular weight excluding hydrogens is 144 g/mol. The summed E-state index contributed by atoms with van der Waals surface area (Å²) in [5.74, 6) is 1.89. The third-order valence-corrected chi connectivity index (χ3v) is 3.24. The smallest absolute Gasteiger partial charge is 0.0349 e. The highest BCUT2D eigenvalue weighted by Gasteiger charge is 2.35. The Morgan fingerprint density at radius 3 is 2.50 bits per heavy atom. The zero-order valence-corrected chi connectivity index (χ0v) is 8.77. The summed E-state index contributed by atoms with van der Waals surface area (Å²) in [4.78, 5) is 0. The van der Waals surface area contributed by atoms with E-state index in [1.54, 1.807) is 0 Å². The van der Waals surface area contributed by atoms with Crippen molar-refractivity contribution in [2.24, 2.45) is 17.3 Å². The fourth-order valence-corrected chi connectivity index (χ4v) is 2.75. The van der Waals surface area contributed by atoms with Gasteiger partial charge < -0.3 is 0 Å². The van der Waals surface area contributed by atoms with Crippen LogP contribution >= 0.6 is 0 Å². The minimum absolute atomic E-state index is 0.602. The van der Waals surface area contributed by atoms with Crippen LogP contribution in [0.4, 0.5) is 0 Å². The highest BCUT2D eigenvalue weighted by Crippen LogP contribution is 2.46. The van der Waals surface area contributed by atoms with E-state index >= 15 is 0 Å². The summed E-state index contributed by atoms with van der Waals surface area (Å²) in [6, 6.07) is 0. The molecule has 1 aliphatic carbocycles. The van der Waals surface area contributed by atoms with E-state index in [2.05, 4.69) is 33.4 Å². The van der Waals surface area contributed by atoms with Gasteiger partial charge >= 0.3 is 0 Å². The molecule has 0 heteroatoms. The zero-order valence-electron chi connectivity index (χ0n) is 8.77. The Balaban J connectivity index is 2.41. The normalized spacial score (nSPS) is 33.6. The van der Waals surface area contributed by atoms with Gasteiger partial charge in [-0.05, 0) is 42.9 Å². The van der Waals surface area contributed by atoms with E-state index in [1.807, 2.05) is 0 Å². The molecule has 0 nitrogen and oxygen atoms in total. The number of hydrogen-bond donors (Lipinski definition) is 0. The van der Waals surface area contributed by atoms with Crippen molar-refractivity contribution < 1.29 is 0 Å². The van der Waals surface area contributed by atoms with Crippen LogP contribution in [0.2, 0.25) is 0 Å². The lowest BCUT2D eigenvalue weighted by Crippen LogP contribution is -2.04. The van der Waals surface area contributed by atoms with E-state index in [-0.39, 0.29) is 0 Å². The maximum atomic E-state index is 3.78. The Morgan fingerprint density at radius 2 is 2.08 bits per heavy atom. The van der Waals surface area contributed by atoms with E-state index in [9.17, 15) is 0 Å². The average molecular weight is 166 g/mol. The van der Waals surface area contributed by atoms with E-state index < -0.39 is 0 Å². The molecular formula is C12H22. The van der Waals surface area contributed by atoms with E-state index in [4.69, 9.17) is 0 Å². The molecule has 1 saturated carbocycles. The first-order valence-electron chi connectivity index (χ1n) is 5.16. The Labute approximate surface area is 77.1 Å². The first-order chi connectivity index (χ1) is 5.55. The van der Waals surface area contributed by atoms with Crippen molar-refractivity contribution in [3.8, 4) is 0 Å². The molecule has 0 saturated heterocycles. The van der Waals surface area contributed by atoms with Gasteiger partial charge in [0.15, 0.2) is 0 Å². The SMILES string of the molecule is C=CCCC1CC(C)(C)CC1C. The van der Waals surface area contributed by atoms with Crippen molar-refractivity contribution in [2.75, 3.05) is 0 Å². The molecule has 0 heterocycles. The van der Waals surface area contributed by atoms with Crippen LogP contribution in [0.5, 0.6) is 0 Å². The van der Waals surface area contributed by atoms with Crippen molar-refractivity contribution in [3.63, 3.8) is 0 Å². The number of hydrogen-bond acceptors (Lipinski definition) is 0. The van der Waals surface area contributed by atoms with Crippen molar-refractivity contribution >= 4 is 0 Å². The fourth-order valence-electron chi connectivity index (χ4n) is 2.75. The first kappa shape index (κ1) is 9.83. The second kappa shape index (κ2) is 3.64. The standard InChI is InChI=1S/C12H22/c1-5-6-7-11-9-12(3,4)8-10(11)2/h5,10-11H,1,6-9H2,2-4H3. The Bertz CT molecular complexity index is 155. The lowest BCUT2D eigenvalue weighted by atomic mass is 9.89. The summed E-state index contributed by atoms with van der Waals surface area (Å²) in [7, 11) is 0. The maximum absolute atomic E-state index is 3.78. The Kier molecular flexibility index (Phi) is 2.98. The second-order valence-electron chi connectivity index (χ2n) is 5.18. The third kappa shape index (κ3) is 2.36. The van der Waals surface area contributed by atoms with E-state index in [0.29, 0.717) is 5.41 Å². The van der Waals surface area contributed by atoms with Gasteiger partial charge in [-0.15, -0.1) is 6.58 Å². The zero-order chi connectivity index (χ0) is 9.19. The lowest BCUT2D eigenvalue weighted by molar-refractivity contribution is 0.355. The molecule has 0 aliphatic heterocycles. The van der Waals surface area contributed by atoms with Crippen molar-refractivity contribution in [2.45, 2.75) is 46.5 Å². The first-order valence-corrected chi connectivity index (χ1v) is 5.16. The molecule has 0 bridgehead atoms. The van der Waals surface area contributed by atoms with Gasteiger partial charge in [0, 0.05) is 0 Å². The van der Waals surface area contributed by atoms with Crippen molar-refractivity contribution in [1.82, 2.24) is 0 Å². The predicted octanol–water partition coefficient (Wildman–Crippen LogP) is 4.02. The minimum Gasteiger partial charge on any atom is -0.103 e. The van der Waals surface area contributed by atoms with Crippen LogP contribution in [0.15, 0.2) is 12.7 Å². The number of allylic oxidation sites excluding steroid dienone is 1. The Morgan fingerprint density at radius 1 is 1.42 bits per heavy atom. The van der Waals surface area contributed by atoms with E-state index in [0.717, 1.165) is 11.8 Å². The summed E-state index contributed by atoms with van der Waals surface area (Å²) < 4.78 is 0. The van der Waals surface area contributed by atoms with Gasteiger partial charge in [0.05, 0.1) is 0 Å². The average Bonchev–Trinajstić information content (AvgIpc) is 2.20. The van der Waals surface area contributed by atoms with Gasteiger partial charge in [-0.2, -0.15) is 0 Å². The monoisotopic (exact) mass is 166 g/mol. The molecule has 0 radical (unpaired) electrons. The largest absolute Gasteiger partial charge is 0.103 e. The molecule has 1 aliphatic rings. The highest BCUT2D eigenvalue weighted by molar-refractivity contribution is 4.87. The molecule has 1 rings (SSSR count). The van der Waals surface area contributed by atoms with Crippen molar-refractivity contribution in [3.05, 3.63) is 12.7 Å². The fraction of sp³-hybridized carbons (Fsp3) is 0.833. The van der Waals surface area contributed by atoms with Gasteiger partial charge in [-0.25, -0.2) is 0 Å². The van der Waals surface area contributed by atoms with Crippen LogP contribution in [0, 0.1) is 17.3 Å². The molecule has 0 amide bonds. The van der Waals surface area contributed by atoms with Crippen LogP contribution in [0.1, 0.15) is 46.5 Å². The van der Waals surface area contributed by atoms with Crippen molar-refractivity contribution in [1.29, 1.82) is 0 Å². The van der Waals surface area contributed by atoms with Gasteiger partial charge in [0.25, 0.3) is 0 Å². The molecule has 2 atom stereocenters. The summed E-state index contributed by atoms with van der Waals surface area (Å²) in [5.41, 5.74) is 0.602. The molecule has 0 N–H and O–H groups in total. The van der Waals surface area contributed by atoms with Crippen LogP contribution < -0.4 is 0 Å². The summed E-state index contributed by atoms with van der Waals surface area (Å²) in [6.07, 6.45) is 7.44. The van der Waals surface area contributed by atoms with Crippen LogP contribution in [0.25, 0.3) is 0 Å². The molecule has 2 unspecified atom stereocenters. The number of rotatable bonds is 3. The van der Waals surface area contributed by atoms with Gasteiger partial charge in [0.2, 0.25) is 0 Å². The van der Waals surface area contributed by atoms with Crippen LogP contribution in [0.3, 0.4) is 0 Å². The molecule has 0 aromatic carbocycles.